The number of piperidine rings is 1. The number of benzene rings is 1. The molecule has 1 aromatic rings. The lowest BCUT2D eigenvalue weighted by atomic mass is 10.0. The first kappa shape index (κ1) is 14.4. The van der Waals surface area contributed by atoms with Gasteiger partial charge < -0.3 is 10.5 Å². The van der Waals surface area contributed by atoms with E-state index >= 15 is 0 Å². The summed E-state index contributed by atoms with van der Waals surface area (Å²) in [4.78, 5) is 2.52. The van der Waals surface area contributed by atoms with Crippen LogP contribution in [0.1, 0.15) is 44.7 Å². The highest BCUT2D eigenvalue weighted by molar-refractivity contribution is 5.40. The number of likely N-dealkylation sites (tertiary alicyclic amines) is 1. The van der Waals surface area contributed by atoms with Gasteiger partial charge in [0.15, 0.2) is 0 Å². The van der Waals surface area contributed by atoms with E-state index in [2.05, 4.69) is 30.9 Å². The van der Waals surface area contributed by atoms with E-state index in [1.54, 1.807) is 0 Å². The Morgan fingerprint density at radius 3 is 2.79 bits per heavy atom. The van der Waals surface area contributed by atoms with E-state index in [9.17, 15) is 0 Å². The van der Waals surface area contributed by atoms with E-state index in [1.165, 1.54) is 18.4 Å². The number of hydrogen-bond acceptors (Lipinski definition) is 3. The van der Waals surface area contributed by atoms with Gasteiger partial charge >= 0.3 is 0 Å². The first-order chi connectivity index (χ1) is 9.20. The summed E-state index contributed by atoms with van der Waals surface area (Å²) in [5.74, 6) is 0. The van der Waals surface area contributed by atoms with Gasteiger partial charge in [-0.3, -0.25) is 4.90 Å². The van der Waals surface area contributed by atoms with Gasteiger partial charge in [-0.05, 0) is 50.4 Å². The van der Waals surface area contributed by atoms with Crippen LogP contribution in [-0.4, -0.2) is 30.7 Å². The van der Waals surface area contributed by atoms with Gasteiger partial charge in [-0.2, -0.15) is 0 Å². The number of hydrogen-bond donors (Lipinski definition) is 1. The molecule has 0 saturated carbocycles. The number of nitrogen functional groups attached to an aromatic ring is 1. The van der Waals surface area contributed by atoms with Gasteiger partial charge in [0.25, 0.3) is 0 Å². The van der Waals surface area contributed by atoms with Crippen LogP contribution in [0.2, 0.25) is 0 Å². The summed E-state index contributed by atoms with van der Waals surface area (Å²) in [6, 6.07) is 8.68. The molecule has 2 rings (SSSR count). The van der Waals surface area contributed by atoms with Crippen molar-refractivity contribution in [3.8, 4) is 0 Å². The summed E-state index contributed by atoms with van der Waals surface area (Å²) in [7, 11) is 0. The molecule has 19 heavy (non-hydrogen) atoms. The molecule has 1 aliphatic rings. The minimum Gasteiger partial charge on any atom is -0.399 e. The molecule has 0 aliphatic carbocycles. The van der Waals surface area contributed by atoms with Crippen LogP contribution in [0.3, 0.4) is 0 Å². The third kappa shape index (κ3) is 3.95. The molecule has 0 radical (unpaired) electrons. The van der Waals surface area contributed by atoms with Crippen LogP contribution in [0.25, 0.3) is 0 Å². The molecule has 0 aromatic heterocycles. The Morgan fingerprint density at radius 1 is 1.37 bits per heavy atom. The van der Waals surface area contributed by atoms with E-state index in [-0.39, 0.29) is 0 Å². The maximum absolute atomic E-state index is 5.91. The lowest BCUT2D eigenvalue weighted by Crippen LogP contribution is -2.41. The third-order valence-corrected chi connectivity index (χ3v) is 3.93. The second-order valence-electron chi connectivity index (χ2n) is 5.47. The van der Waals surface area contributed by atoms with Crippen molar-refractivity contribution in [2.45, 2.75) is 45.3 Å². The Labute approximate surface area is 116 Å². The smallest absolute Gasteiger partial charge is 0.0702 e. The van der Waals surface area contributed by atoms with E-state index < -0.39 is 0 Å². The van der Waals surface area contributed by atoms with Crippen molar-refractivity contribution >= 4 is 5.69 Å². The Hall–Kier alpha value is -1.06. The number of anilines is 1. The van der Waals surface area contributed by atoms with Crippen LogP contribution >= 0.6 is 0 Å². The van der Waals surface area contributed by atoms with E-state index in [0.29, 0.717) is 12.1 Å². The van der Waals surface area contributed by atoms with E-state index in [1.807, 2.05) is 12.1 Å². The zero-order valence-electron chi connectivity index (χ0n) is 12.1. The van der Waals surface area contributed by atoms with Crippen LogP contribution in [0.5, 0.6) is 0 Å². The van der Waals surface area contributed by atoms with Crippen molar-refractivity contribution < 1.29 is 4.74 Å². The molecule has 0 bridgehead atoms. The highest BCUT2D eigenvalue weighted by atomic mass is 16.5. The second-order valence-corrected chi connectivity index (χ2v) is 5.47. The number of nitrogens with zero attached hydrogens (tertiary/aromatic N) is 1. The Morgan fingerprint density at radius 2 is 2.11 bits per heavy atom. The van der Waals surface area contributed by atoms with Gasteiger partial charge in [-0.1, -0.05) is 19.1 Å². The molecule has 0 amide bonds. The number of ether oxygens (including phenoxy) is 1. The molecule has 1 heterocycles. The maximum atomic E-state index is 5.91. The molecular formula is C16H26N2O. The number of rotatable bonds is 5. The largest absolute Gasteiger partial charge is 0.399 e. The van der Waals surface area contributed by atoms with E-state index in [0.717, 1.165) is 31.8 Å². The molecule has 3 nitrogen and oxygen atoms in total. The van der Waals surface area contributed by atoms with Gasteiger partial charge in [-0.25, -0.2) is 0 Å². The zero-order chi connectivity index (χ0) is 13.7. The minimum absolute atomic E-state index is 0.407. The second kappa shape index (κ2) is 6.92. The van der Waals surface area contributed by atoms with Gasteiger partial charge in [-0.15, -0.1) is 0 Å². The molecule has 2 N–H and O–H groups in total. The summed E-state index contributed by atoms with van der Waals surface area (Å²) in [5.41, 5.74) is 7.92. The average Bonchev–Trinajstić information content (AvgIpc) is 2.45. The van der Waals surface area contributed by atoms with Crippen LogP contribution in [0.15, 0.2) is 24.3 Å². The summed E-state index contributed by atoms with van der Waals surface area (Å²) in [5, 5.41) is 0. The fourth-order valence-corrected chi connectivity index (χ4v) is 2.72. The van der Waals surface area contributed by atoms with Crippen molar-refractivity contribution in [3.63, 3.8) is 0 Å². The molecule has 106 valence electrons. The predicted molar refractivity (Wildman–Crippen MR) is 80.1 cm³/mol. The van der Waals surface area contributed by atoms with Crippen LogP contribution in [-0.2, 0) is 4.74 Å². The lowest BCUT2D eigenvalue weighted by molar-refractivity contribution is -0.0107. The monoisotopic (exact) mass is 262 g/mol. The van der Waals surface area contributed by atoms with Crippen molar-refractivity contribution in [2.24, 2.45) is 0 Å². The summed E-state index contributed by atoms with van der Waals surface area (Å²) in [6.45, 7) is 7.53. The lowest BCUT2D eigenvalue weighted by Gasteiger charge is -2.37. The number of nitrogens with two attached hydrogens (primary N) is 1. The van der Waals surface area contributed by atoms with Gasteiger partial charge in [0.2, 0.25) is 0 Å². The van der Waals surface area contributed by atoms with Crippen molar-refractivity contribution in [1.82, 2.24) is 4.90 Å². The highest BCUT2D eigenvalue weighted by Crippen LogP contribution is 2.25. The zero-order valence-corrected chi connectivity index (χ0v) is 12.1. The Kier molecular flexibility index (Phi) is 5.23. The maximum Gasteiger partial charge on any atom is 0.0702 e. The van der Waals surface area contributed by atoms with Gasteiger partial charge in [0, 0.05) is 24.9 Å². The van der Waals surface area contributed by atoms with Crippen LogP contribution in [0, 0.1) is 0 Å². The minimum atomic E-state index is 0.407. The molecular weight excluding hydrogens is 236 g/mol. The summed E-state index contributed by atoms with van der Waals surface area (Å²) < 4.78 is 5.91. The topological polar surface area (TPSA) is 38.5 Å². The molecule has 1 aromatic carbocycles. The van der Waals surface area contributed by atoms with E-state index in [4.69, 9.17) is 10.5 Å². The fraction of sp³-hybridized carbons (Fsp3) is 0.625. The van der Waals surface area contributed by atoms with Crippen LogP contribution < -0.4 is 5.73 Å². The van der Waals surface area contributed by atoms with Gasteiger partial charge in [0.05, 0.1) is 6.10 Å². The molecule has 1 aliphatic heterocycles. The average molecular weight is 262 g/mol. The van der Waals surface area contributed by atoms with Crippen molar-refractivity contribution in [1.29, 1.82) is 0 Å². The Bertz CT molecular complexity index is 377. The van der Waals surface area contributed by atoms with Gasteiger partial charge in [0.1, 0.15) is 0 Å². The molecule has 2 unspecified atom stereocenters. The van der Waals surface area contributed by atoms with Crippen molar-refractivity contribution in [3.05, 3.63) is 29.8 Å². The summed E-state index contributed by atoms with van der Waals surface area (Å²) >= 11 is 0. The SMILES string of the molecule is CCCOC1CCCN(C(C)c2ccc(N)cc2)C1. The molecule has 3 heteroatoms. The third-order valence-electron chi connectivity index (χ3n) is 3.93. The quantitative estimate of drug-likeness (QED) is 0.828. The van der Waals surface area contributed by atoms with Crippen LogP contribution in [0.4, 0.5) is 5.69 Å². The first-order valence-electron chi connectivity index (χ1n) is 7.41. The van der Waals surface area contributed by atoms with Crippen molar-refractivity contribution in [2.75, 3.05) is 25.4 Å². The molecule has 1 saturated heterocycles. The normalized spacial score (nSPS) is 22.3. The summed E-state index contributed by atoms with van der Waals surface area (Å²) in [6.07, 6.45) is 3.94. The standard InChI is InChI=1S/C16H26N2O/c1-3-11-19-16-5-4-10-18(12-16)13(2)14-6-8-15(17)9-7-14/h6-9,13,16H,3-5,10-12,17H2,1-2H3. The first-order valence-corrected chi connectivity index (χ1v) is 7.41. The fourth-order valence-electron chi connectivity index (χ4n) is 2.72. The molecule has 0 spiro atoms. The highest BCUT2D eigenvalue weighted by Gasteiger charge is 2.24. The predicted octanol–water partition coefficient (Wildman–Crippen LogP) is 3.22. The molecule has 2 atom stereocenters. The molecule has 1 fully saturated rings. The Balaban J connectivity index is 1.94.